The van der Waals surface area contributed by atoms with Gasteiger partial charge in [0.05, 0.1) is 0 Å². The molecule has 2 aromatic rings. The Morgan fingerprint density at radius 3 is 2.81 bits per heavy atom. The van der Waals surface area contributed by atoms with Gasteiger partial charge in [0.15, 0.2) is 0 Å². The molecular formula is C13H15NOS. The zero-order valence-corrected chi connectivity index (χ0v) is 9.96. The summed E-state index contributed by atoms with van der Waals surface area (Å²) in [6.07, 6.45) is 2.66. The molecule has 3 rings (SSSR count). The number of phenols is 1. The van der Waals surface area contributed by atoms with Crippen LogP contribution in [0, 0.1) is 0 Å². The molecule has 2 nitrogen and oxygen atoms in total. The Morgan fingerprint density at radius 2 is 2.06 bits per heavy atom. The highest BCUT2D eigenvalue weighted by Crippen LogP contribution is 2.32. The lowest BCUT2D eigenvalue weighted by molar-refractivity contribution is 0.334. The van der Waals surface area contributed by atoms with Crippen molar-refractivity contribution in [1.29, 1.82) is 0 Å². The standard InChI is InChI=1S/C13H15NOS/c15-12-4-3-5-13-11(12)8-10(16-13)9-14-6-1-2-7-14/h3-5,8,15H,1-2,6-7,9H2. The van der Waals surface area contributed by atoms with E-state index in [4.69, 9.17) is 0 Å². The highest BCUT2D eigenvalue weighted by molar-refractivity contribution is 7.19. The second kappa shape index (κ2) is 4.07. The van der Waals surface area contributed by atoms with Crippen molar-refractivity contribution < 1.29 is 5.11 Å². The van der Waals surface area contributed by atoms with Gasteiger partial charge >= 0.3 is 0 Å². The van der Waals surface area contributed by atoms with Gasteiger partial charge in [0.1, 0.15) is 5.75 Å². The maximum Gasteiger partial charge on any atom is 0.124 e. The lowest BCUT2D eigenvalue weighted by Gasteiger charge is -2.12. The highest BCUT2D eigenvalue weighted by Gasteiger charge is 2.13. The molecule has 0 aliphatic carbocycles. The molecule has 0 unspecified atom stereocenters. The predicted octanol–water partition coefficient (Wildman–Crippen LogP) is 3.20. The summed E-state index contributed by atoms with van der Waals surface area (Å²) in [6.45, 7) is 3.49. The first-order valence-corrected chi connectivity index (χ1v) is 6.57. The molecule has 3 heteroatoms. The van der Waals surface area contributed by atoms with Crippen LogP contribution in [-0.4, -0.2) is 23.1 Å². The quantitative estimate of drug-likeness (QED) is 0.861. The fourth-order valence-corrected chi connectivity index (χ4v) is 3.46. The minimum Gasteiger partial charge on any atom is -0.507 e. The maximum atomic E-state index is 9.74. The number of hydrogen-bond acceptors (Lipinski definition) is 3. The van der Waals surface area contributed by atoms with E-state index in [2.05, 4.69) is 17.0 Å². The molecule has 1 fully saturated rings. The largest absolute Gasteiger partial charge is 0.507 e. The van der Waals surface area contributed by atoms with Gasteiger partial charge in [-0.1, -0.05) is 6.07 Å². The number of fused-ring (bicyclic) bond motifs is 1. The summed E-state index contributed by atoms with van der Waals surface area (Å²) in [5.41, 5.74) is 0. The summed E-state index contributed by atoms with van der Waals surface area (Å²) in [5, 5.41) is 10.7. The van der Waals surface area contributed by atoms with Crippen LogP contribution in [-0.2, 0) is 6.54 Å². The number of likely N-dealkylation sites (tertiary alicyclic amines) is 1. The molecule has 0 atom stereocenters. The average Bonchev–Trinajstić information content (AvgIpc) is 2.88. The first kappa shape index (κ1) is 10.1. The fourth-order valence-electron chi connectivity index (χ4n) is 2.34. The van der Waals surface area contributed by atoms with Gasteiger partial charge in [0, 0.05) is 21.5 Å². The Kier molecular flexibility index (Phi) is 2.58. The van der Waals surface area contributed by atoms with Gasteiger partial charge < -0.3 is 5.11 Å². The van der Waals surface area contributed by atoms with Crippen molar-refractivity contribution in [3.05, 3.63) is 29.1 Å². The number of aromatic hydroxyl groups is 1. The lowest BCUT2D eigenvalue weighted by atomic mass is 10.2. The van der Waals surface area contributed by atoms with Crippen molar-refractivity contribution >= 4 is 21.4 Å². The molecule has 16 heavy (non-hydrogen) atoms. The maximum absolute atomic E-state index is 9.74. The van der Waals surface area contributed by atoms with E-state index in [9.17, 15) is 5.11 Å². The molecule has 84 valence electrons. The zero-order valence-electron chi connectivity index (χ0n) is 9.15. The number of rotatable bonds is 2. The topological polar surface area (TPSA) is 23.5 Å². The first-order chi connectivity index (χ1) is 7.83. The smallest absolute Gasteiger partial charge is 0.124 e. The molecule has 2 heterocycles. The van der Waals surface area contributed by atoms with Crippen LogP contribution in [0.5, 0.6) is 5.75 Å². The van der Waals surface area contributed by atoms with E-state index in [1.165, 1.54) is 35.5 Å². The third-order valence-electron chi connectivity index (χ3n) is 3.17. The average molecular weight is 233 g/mol. The normalized spacial score (nSPS) is 17.2. The molecule has 0 spiro atoms. The molecule has 0 amide bonds. The number of benzene rings is 1. The Hall–Kier alpha value is -1.06. The summed E-state index contributed by atoms with van der Waals surface area (Å²) >= 11 is 1.80. The van der Waals surface area contributed by atoms with E-state index >= 15 is 0 Å². The highest BCUT2D eigenvalue weighted by atomic mass is 32.1. The van der Waals surface area contributed by atoms with Gasteiger partial charge in [-0.15, -0.1) is 11.3 Å². The van der Waals surface area contributed by atoms with Crippen LogP contribution in [0.25, 0.3) is 10.1 Å². The van der Waals surface area contributed by atoms with E-state index in [0.717, 1.165) is 11.9 Å². The van der Waals surface area contributed by atoms with Gasteiger partial charge in [-0.25, -0.2) is 0 Å². The van der Waals surface area contributed by atoms with E-state index in [1.807, 2.05) is 6.07 Å². The molecule has 0 saturated carbocycles. The molecule has 1 aromatic carbocycles. The van der Waals surface area contributed by atoms with E-state index in [-0.39, 0.29) is 0 Å². The number of thiophene rings is 1. The Bertz CT molecular complexity index is 500. The molecule has 0 bridgehead atoms. The van der Waals surface area contributed by atoms with Crippen LogP contribution < -0.4 is 0 Å². The van der Waals surface area contributed by atoms with Crippen LogP contribution in [0.3, 0.4) is 0 Å². The summed E-state index contributed by atoms with van der Waals surface area (Å²) < 4.78 is 1.19. The van der Waals surface area contributed by atoms with Gasteiger partial charge in [-0.2, -0.15) is 0 Å². The lowest BCUT2D eigenvalue weighted by Crippen LogP contribution is -2.17. The van der Waals surface area contributed by atoms with Crippen LogP contribution in [0.15, 0.2) is 24.3 Å². The summed E-state index contributed by atoms with van der Waals surface area (Å²) in [5.74, 6) is 0.404. The van der Waals surface area contributed by atoms with Crippen molar-refractivity contribution in [3.8, 4) is 5.75 Å². The van der Waals surface area contributed by atoms with Crippen molar-refractivity contribution in [1.82, 2.24) is 4.90 Å². The minimum absolute atomic E-state index is 0.404. The second-order valence-electron chi connectivity index (χ2n) is 4.38. The SMILES string of the molecule is Oc1cccc2sc(CN3CCCC3)cc12. The summed E-state index contributed by atoms with van der Waals surface area (Å²) in [6, 6.07) is 7.88. The van der Waals surface area contributed by atoms with Crippen LogP contribution in [0.1, 0.15) is 17.7 Å². The Morgan fingerprint density at radius 1 is 1.25 bits per heavy atom. The van der Waals surface area contributed by atoms with Gasteiger partial charge in [-0.3, -0.25) is 4.90 Å². The van der Waals surface area contributed by atoms with E-state index in [1.54, 1.807) is 17.4 Å². The Labute approximate surface area is 99.1 Å². The van der Waals surface area contributed by atoms with Crippen LogP contribution in [0.4, 0.5) is 0 Å². The molecule has 1 aromatic heterocycles. The first-order valence-electron chi connectivity index (χ1n) is 5.76. The predicted molar refractivity (Wildman–Crippen MR) is 68.0 cm³/mol. The molecule has 0 radical (unpaired) electrons. The second-order valence-corrected chi connectivity index (χ2v) is 5.55. The van der Waals surface area contributed by atoms with Crippen molar-refractivity contribution in [2.45, 2.75) is 19.4 Å². The van der Waals surface area contributed by atoms with Crippen molar-refractivity contribution in [3.63, 3.8) is 0 Å². The molecular weight excluding hydrogens is 218 g/mol. The van der Waals surface area contributed by atoms with Gasteiger partial charge in [-0.05, 0) is 44.1 Å². The fraction of sp³-hybridized carbons (Fsp3) is 0.385. The van der Waals surface area contributed by atoms with E-state index < -0.39 is 0 Å². The zero-order chi connectivity index (χ0) is 11.0. The third kappa shape index (κ3) is 1.81. The number of nitrogens with zero attached hydrogens (tertiary/aromatic N) is 1. The van der Waals surface area contributed by atoms with Crippen molar-refractivity contribution in [2.75, 3.05) is 13.1 Å². The van der Waals surface area contributed by atoms with Crippen LogP contribution in [0.2, 0.25) is 0 Å². The molecule has 1 aliphatic rings. The number of hydrogen-bond donors (Lipinski definition) is 1. The number of phenolic OH excluding ortho intramolecular Hbond substituents is 1. The minimum atomic E-state index is 0.404. The molecule has 1 aliphatic heterocycles. The Balaban J connectivity index is 1.90. The third-order valence-corrected chi connectivity index (χ3v) is 4.25. The van der Waals surface area contributed by atoms with Gasteiger partial charge in [0.2, 0.25) is 0 Å². The molecule has 1 saturated heterocycles. The van der Waals surface area contributed by atoms with Gasteiger partial charge in [0.25, 0.3) is 0 Å². The van der Waals surface area contributed by atoms with Crippen molar-refractivity contribution in [2.24, 2.45) is 0 Å². The summed E-state index contributed by atoms with van der Waals surface area (Å²) in [7, 11) is 0. The van der Waals surface area contributed by atoms with E-state index in [0.29, 0.717) is 5.75 Å². The summed E-state index contributed by atoms with van der Waals surface area (Å²) in [4.78, 5) is 3.85. The molecule has 1 N–H and O–H groups in total. The monoisotopic (exact) mass is 233 g/mol. The van der Waals surface area contributed by atoms with Crippen LogP contribution >= 0.6 is 11.3 Å².